The largest absolute Gasteiger partial charge is 0.383 e. The zero-order chi connectivity index (χ0) is 15.5. The molecule has 4 heteroatoms. The molecule has 21 heavy (non-hydrogen) atoms. The van der Waals surface area contributed by atoms with Crippen LogP contribution in [0.4, 0.5) is 5.82 Å². The molecule has 1 aromatic rings. The highest BCUT2D eigenvalue weighted by Gasteiger charge is 2.44. The third-order valence-corrected chi connectivity index (χ3v) is 4.89. The van der Waals surface area contributed by atoms with Crippen molar-refractivity contribution >= 4 is 5.82 Å². The van der Waals surface area contributed by atoms with Gasteiger partial charge < -0.3 is 16.0 Å². The summed E-state index contributed by atoms with van der Waals surface area (Å²) in [5, 5.41) is 3.76. The lowest BCUT2D eigenvalue weighted by atomic mass is 9.82. The van der Waals surface area contributed by atoms with E-state index in [9.17, 15) is 0 Å². The van der Waals surface area contributed by atoms with Crippen LogP contribution in [0.3, 0.4) is 0 Å². The average molecular weight is 290 g/mol. The van der Waals surface area contributed by atoms with Crippen molar-refractivity contribution < 1.29 is 0 Å². The van der Waals surface area contributed by atoms with Gasteiger partial charge in [0.15, 0.2) is 0 Å². The quantitative estimate of drug-likeness (QED) is 0.846. The number of nitrogens with two attached hydrogens (primary N) is 1. The Morgan fingerprint density at radius 3 is 2.62 bits per heavy atom. The maximum Gasteiger partial charge on any atom is 0.128 e. The van der Waals surface area contributed by atoms with Gasteiger partial charge in [-0.2, -0.15) is 0 Å². The summed E-state index contributed by atoms with van der Waals surface area (Å²) in [4.78, 5) is 6.79. The number of anilines is 1. The van der Waals surface area contributed by atoms with E-state index in [-0.39, 0.29) is 11.6 Å². The van der Waals surface area contributed by atoms with Gasteiger partial charge >= 0.3 is 0 Å². The minimum absolute atomic E-state index is 0.152. The zero-order valence-corrected chi connectivity index (χ0v) is 13.9. The van der Waals surface area contributed by atoms with Gasteiger partial charge in [-0.15, -0.1) is 0 Å². The molecule has 0 aromatic carbocycles. The molecule has 0 amide bonds. The molecule has 1 heterocycles. The van der Waals surface area contributed by atoms with Gasteiger partial charge in [-0.25, -0.2) is 4.98 Å². The number of pyridine rings is 1. The van der Waals surface area contributed by atoms with Crippen LogP contribution in [-0.4, -0.2) is 36.1 Å². The fourth-order valence-electron chi connectivity index (χ4n) is 3.69. The Morgan fingerprint density at radius 1 is 1.38 bits per heavy atom. The number of aromatic nitrogens is 1. The van der Waals surface area contributed by atoms with Gasteiger partial charge in [-0.05, 0) is 58.5 Å². The van der Waals surface area contributed by atoms with Gasteiger partial charge in [0.1, 0.15) is 5.82 Å². The second-order valence-electron chi connectivity index (χ2n) is 6.58. The highest BCUT2D eigenvalue weighted by molar-refractivity contribution is 5.45. The number of aryl methyl sites for hydroxylation is 1. The van der Waals surface area contributed by atoms with Crippen molar-refractivity contribution in [3.63, 3.8) is 0 Å². The van der Waals surface area contributed by atoms with E-state index in [1.165, 1.54) is 36.8 Å². The van der Waals surface area contributed by atoms with Crippen molar-refractivity contribution in [2.45, 2.75) is 57.5 Å². The van der Waals surface area contributed by atoms with Crippen LogP contribution in [0.15, 0.2) is 12.3 Å². The number of nitrogens with one attached hydrogen (secondary N) is 1. The van der Waals surface area contributed by atoms with Crippen molar-refractivity contribution in [2.24, 2.45) is 0 Å². The number of likely N-dealkylation sites (N-methyl/N-ethyl adjacent to an activating group) is 1. The molecule has 1 aromatic heterocycles. The van der Waals surface area contributed by atoms with E-state index < -0.39 is 0 Å². The lowest BCUT2D eigenvalue weighted by Crippen LogP contribution is -2.52. The summed E-state index contributed by atoms with van der Waals surface area (Å²) in [6.45, 7) is 5.30. The Hall–Kier alpha value is -1.13. The highest BCUT2D eigenvalue weighted by atomic mass is 15.2. The van der Waals surface area contributed by atoms with Crippen molar-refractivity contribution in [2.75, 3.05) is 26.4 Å². The van der Waals surface area contributed by atoms with Gasteiger partial charge in [0, 0.05) is 17.3 Å². The van der Waals surface area contributed by atoms with E-state index in [0.717, 1.165) is 13.0 Å². The first kappa shape index (κ1) is 16.2. The lowest BCUT2D eigenvalue weighted by molar-refractivity contribution is 0.105. The van der Waals surface area contributed by atoms with E-state index in [1.54, 1.807) is 0 Å². The summed E-state index contributed by atoms with van der Waals surface area (Å²) in [7, 11) is 4.40. The number of hydrogen-bond donors (Lipinski definition) is 2. The molecule has 118 valence electrons. The maximum absolute atomic E-state index is 6.22. The van der Waals surface area contributed by atoms with Crippen LogP contribution >= 0.6 is 0 Å². The number of rotatable bonds is 6. The molecule has 1 aliphatic carbocycles. The Morgan fingerprint density at radius 2 is 2.05 bits per heavy atom. The minimum Gasteiger partial charge on any atom is -0.383 e. The normalized spacial score (nSPS) is 19.1. The molecular formula is C17H30N4. The first-order chi connectivity index (χ1) is 10.0. The van der Waals surface area contributed by atoms with Crippen LogP contribution in [0.1, 0.15) is 56.2 Å². The Balaban J connectivity index is 2.44. The zero-order valence-electron chi connectivity index (χ0n) is 13.9. The molecular weight excluding hydrogens is 260 g/mol. The standard InChI is InChI=1S/C17H30N4/c1-5-10-19-15(14-11-13(2)12-20-16(14)18)17(21(3)4)8-6-7-9-17/h11-12,15,19H,5-10H2,1-4H3,(H2,18,20). The lowest BCUT2D eigenvalue weighted by Gasteiger charge is -2.44. The summed E-state index contributed by atoms with van der Waals surface area (Å²) in [5.74, 6) is 0.669. The Bertz CT molecular complexity index is 464. The first-order valence-electron chi connectivity index (χ1n) is 8.14. The molecule has 1 aliphatic rings. The predicted molar refractivity (Wildman–Crippen MR) is 89.3 cm³/mol. The fraction of sp³-hybridized carbons (Fsp3) is 0.706. The van der Waals surface area contributed by atoms with Crippen LogP contribution in [0, 0.1) is 6.92 Å². The summed E-state index contributed by atoms with van der Waals surface area (Å²) in [6.07, 6.45) is 8.00. The van der Waals surface area contributed by atoms with Crippen molar-refractivity contribution in [1.82, 2.24) is 15.2 Å². The molecule has 1 saturated carbocycles. The highest BCUT2D eigenvalue weighted by Crippen LogP contribution is 2.44. The maximum atomic E-state index is 6.22. The van der Waals surface area contributed by atoms with E-state index in [1.807, 2.05) is 6.20 Å². The summed E-state index contributed by atoms with van der Waals surface area (Å²) >= 11 is 0. The van der Waals surface area contributed by atoms with Crippen LogP contribution < -0.4 is 11.1 Å². The Labute approximate surface area is 129 Å². The van der Waals surface area contributed by atoms with Crippen LogP contribution in [0.25, 0.3) is 0 Å². The second kappa shape index (κ2) is 6.75. The molecule has 0 spiro atoms. The molecule has 1 unspecified atom stereocenters. The Kier molecular flexibility index (Phi) is 5.22. The van der Waals surface area contributed by atoms with Crippen LogP contribution in [-0.2, 0) is 0 Å². The number of hydrogen-bond acceptors (Lipinski definition) is 4. The van der Waals surface area contributed by atoms with Crippen LogP contribution in [0.2, 0.25) is 0 Å². The molecule has 0 saturated heterocycles. The van der Waals surface area contributed by atoms with Crippen molar-refractivity contribution in [3.05, 3.63) is 23.4 Å². The van der Waals surface area contributed by atoms with E-state index in [4.69, 9.17) is 5.73 Å². The smallest absolute Gasteiger partial charge is 0.128 e. The molecule has 3 N–H and O–H groups in total. The molecule has 2 rings (SSSR count). The van der Waals surface area contributed by atoms with Gasteiger partial charge in [-0.3, -0.25) is 0 Å². The monoisotopic (exact) mass is 290 g/mol. The molecule has 0 bridgehead atoms. The molecule has 1 fully saturated rings. The van der Waals surface area contributed by atoms with Gasteiger partial charge in [0.2, 0.25) is 0 Å². The van der Waals surface area contributed by atoms with Gasteiger partial charge in [-0.1, -0.05) is 19.8 Å². The van der Waals surface area contributed by atoms with E-state index >= 15 is 0 Å². The molecule has 4 nitrogen and oxygen atoms in total. The van der Waals surface area contributed by atoms with E-state index in [2.05, 4.69) is 49.2 Å². The number of nitrogens with zero attached hydrogens (tertiary/aromatic N) is 2. The van der Waals surface area contributed by atoms with Gasteiger partial charge in [0.05, 0.1) is 6.04 Å². The summed E-state index contributed by atoms with van der Waals surface area (Å²) in [6, 6.07) is 2.46. The van der Waals surface area contributed by atoms with Crippen molar-refractivity contribution in [3.8, 4) is 0 Å². The summed E-state index contributed by atoms with van der Waals surface area (Å²) < 4.78 is 0. The summed E-state index contributed by atoms with van der Waals surface area (Å²) in [5.41, 5.74) is 8.71. The second-order valence-corrected chi connectivity index (χ2v) is 6.58. The van der Waals surface area contributed by atoms with Crippen LogP contribution in [0.5, 0.6) is 0 Å². The molecule has 0 radical (unpaired) electrons. The minimum atomic E-state index is 0.152. The van der Waals surface area contributed by atoms with Crippen molar-refractivity contribution in [1.29, 1.82) is 0 Å². The third-order valence-electron chi connectivity index (χ3n) is 4.89. The topological polar surface area (TPSA) is 54.2 Å². The predicted octanol–water partition coefficient (Wildman–Crippen LogP) is 2.89. The molecule has 1 atom stereocenters. The van der Waals surface area contributed by atoms with E-state index in [0.29, 0.717) is 5.82 Å². The first-order valence-corrected chi connectivity index (χ1v) is 8.14. The van der Waals surface area contributed by atoms with Gasteiger partial charge in [0.25, 0.3) is 0 Å². The number of nitrogen functional groups attached to an aromatic ring is 1. The molecule has 0 aliphatic heterocycles. The SMILES string of the molecule is CCCNC(c1cc(C)cnc1N)C1(N(C)C)CCCC1. The third kappa shape index (κ3) is 3.22. The average Bonchev–Trinajstić information content (AvgIpc) is 2.93. The fourth-order valence-corrected chi connectivity index (χ4v) is 3.69.